The van der Waals surface area contributed by atoms with E-state index in [2.05, 4.69) is 50.0 Å². The minimum atomic E-state index is -4.30. The van der Waals surface area contributed by atoms with E-state index >= 15 is 0 Å². The molecule has 1 radical (unpaired) electrons. The third-order valence-electron chi connectivity index (χ3n) is 10.6. The Morgan fingerprint density at radius 1 is 0.821 bits per heavy atom. The molecule has 3 aromatic heterocycles. The zero-order chi connectivity index (χ0) is 40.3. The Morgan fingerprint density at radius 2 is 1.48 bits per heavy atom. The topological polar surface area (TPSA) is 76.5 Å². The van der Waals surface area contributed by atoms with Crippen LogP contribution in [0.3, 0.4) is 0 Å². The smallest absolute Gasteiger partial charge is 0.394 e. The summed E-state index contributed by atoms with van der Waals surface area (Å²) in [5, 5.41) is 12.7. The summed E-state index contributed by atoms with van der Waals surface area (Å²) < 4.78 is 52.4. The molecule has 0 aliphatic heterocycles. The molecule has 6 aromatic rings. The van der Waals surface area contributed by atoms with E-state index in [-0.39, 0.29) is 55.3 Å². The summed E-state index contributed by atoms with van der Waals surface area (Å²) in [7, 11) is 0. The van der Waals surface area contributed by atoms with E-state index in [0.717, 1.165) is 53.3 Å². The quantitative estimate of drug-likeness (QED) is 0.0795. The molecule has 0 atom stereocenters. The molecule has 0 amide bonds. The molecule has 1 N–H and O–H groups in total. The van der Waals surface area contributed by atoms with Gasteiger partial charge in [-0.1, -0.05) is 104 Å². The van der Waals surface area contributed by atoms with Crippen molar-refractivity contribution >= 4 is 38.7 Å². The molecule has 3 heterocycles. The average molecular weight is 945 g/mol. The van der Waals surface area contributed by atoms with Gasteiger partial charge < -0.3 is 13.9 Å². The second-order valence-electron chi connectivity index (χ2n) is 16.1. The number of aromatic nitrogens is 1. The number of ketones is 1. The van der Waals surface area contributed by atoms with Gasteiger partial charge in [0.05, 0.1) is 16.6 Å². The van der Waals surface area contributed by atoms with Gasteiger partial charge in [0.15, 0.2) is 16.9 Å². The van der Waals surface area contributed by atoms with Crippen LogP contribution in [-0.2, 0) is 36.7 Å². The molecule has 0 fully saturated rings. The van der Waals surface area contributed by atoms with Crippen molar-refractivity contribution in [3.8, 4) is 22.6 Å². The number of furan rings is 2. The monoisotopic (exact) mass is 945 g/mol. The number of hydrogen-bond acceptors (Lipinski definition) is 5. The normalized spacial score (nSPS) is 12.7. The number of alkyl halides is 3. The molecule has 0 unspecified atom stereocenters. The molecule has 0 bridgehead atoms. The maximum Gasteiger partial charge on any atom is 0.394 e. The number of hydrogen-bond donors (Lipinski definition) is 1. The van der Waals surface area contributed by atoms with Crippen LogP contribution in [0.2, 0.25) is 0 Å². The molecule has 5 nitrogen and oxygen atoms in total. The van der Waals surface area contributed by atoms with Crippen LogP contribution in [0.15, 0.2) is 93.6 Å². The summed E-state index contributed by atoms with van der Waals surface area (Å²) in [5.74, 6) is 1.17. The Hall–Kier alpha value is -4.20. The molecule has 6 rings (SSSR count). The number of fused-ring (bicyclic) bond motifs is 4. The minimum absolute atomic E-state index is 0. The maximum absolute atomic E-state index is 13.4. The number of nitrogens with zero attached hydrogens (tertiary/aromatic N) is 1. The van der Waals surface area contributed by atoms with Crippen LogP contribution in [-0.4, -0.2) is 22.1 Å². The summed E-state index contributed by atoms with van der Waals surface area (Å²) in [6.45, 7) is 17.1. The fourth-order valence-electron chi connectivity index (χ4n) is 6.96. The third-order valence-corrected chi connectivity index (χ3v) is 10.6. The number of aliphatic hydroxyl groups is 1. The van der Waals surface area contributed by atoms with Crippen molar-refractivity contribution in [2.24, 2.45) is 17.3 Å². The number of rotatable bonds is 11. The van der Waals surface area contributed by atoms with Crippen molar-refractivity contribution in [1.29, 1.82) is 0 Å². The summed E-state index contributed by atoms with van der Waals surface area (Å²) in [6.07, 6.45) is 2.23. The molecule has 9 heteroatoms. The number of halogens is 3. The number of aliphatic hydroxyl groups excluding tert-OH is 1. The van der Waals surface area contributed by atoms with Crippen LogP contribution in [0.1, 0.15) is 99.1 Å². The van der Waals surface area contributed by atoms with Gasteiger partial charge in [-0.3, -0.25) is 9.78 Å². The average Bonchev–Trinajstić information content (AvgIpc) is 3.69. The first-order chi connectivity index (χ1) is 25.9. The van der Waals surface area contributed by atoms with Crippen molar-refractivity contribution in [2.75, 3.05) is 0 Å². The molecule has 301 valence electrons. The minimum Gasteiger partial charge on any atom is -0.512 e. The van der Waals surface area contributed by atoms with Gasteiger partial charge in [-0.15, -0.1) is 29.1 Å². The fraction of sp³-hybridized carbons (Fsp3) is 0.404. The number of benzene rings is 3. The Bertz CT molecular complexity index is 2300. The number of pyridine rings is 1. The molecule has 0 aliphatic carbocycles. The standard InChI is InChI=1S/C34H29F3NO2.C13H24O2.Ir/c1-32(2,3)26-16-23(15-21-8-6-7-9-24(21)26)27-17-22(12-13-38-27)28-18-30-31(40-28)25-11-10-20(14-29(25)39-30)19-33(4,5)34(35,36)37;1-5-10(6-2)12(14)9-13(15)11(7-3)8-4;/h6-14,16-18H,19H2,1-5H3;9-11,14H,5-8H2,1-4H3;/q-1;;/b;12-9-;. The van der Waals surface area contributed by atoms with Gasteiger partial charge in [0.1, 0.15) is 11.3 Å². The van der Waals surface area contributed by atoms with Crippen molar-refractivity contribution in [2.45, 2.75) is 106 Å². The van der Waals surface area contributed by atoms with E-state index in [9.17, 15) is 23.1 Å². The van der Waals surface area contributed by atoms with Crippen molar-refractivity contribution in [1.82, 2.24) is 4.98 Å². The zero-order valence-electron chi connectivity index (χ0n) is 33.8. The second-order valence-corrected chi connectivity index (χ2v) is 16.1. The Kier molecular flexibility index (Phi) is 14.3. The first-order valence-electron chi connectivity index (χ1n) is 19.3. The van der Waals surface area contributed by atoms with E-state index in [1.807, 2.05) is 58.0 Å². The van der Waals surface area contributed by atoms with Crippen LogP contribution in [0.4, 0.5) is 13.2 Å². The van der Waals surface area contributed by atoms with Gasteiger partial charge >= 0.3 is 6.18 Å². The van der Waals surface area contributed by atoms with E-state index in [1.165, 1.54) is 30.9 Å². The van der Waals surface area contributed by atoms with Gasteiger partial charge in [0.25, 0.3) is 0 Å². The maximum atomic E-state index is 13.4. The van der Waals surface area contributed by atoms with Gasteiger partial charge in [-0.2, -0.15) is 13.2 Å². The molecular formula is C47H53F3IrNO4-. The molecule has 0 saturated heterocycles. The molecule has 0 aliphatic rings. The van der Waals surface area contributed by atoms with Crippen molar-refractivity contribution in [3.63, 3.8) is 0 Å². The predicted octanol–water partition coefficient (Wildman–Crippen LogP) is 14.2. The number of carbonyl (C=O) groups is 1. The molecular weight excluding hydrogens is 892 g/mol. The van der Waals surface area contributed by atoms with Crippen LogP contribution in [0.25, 0.3) is 55.5 Å². The summed E-state index contributed by atoms with van der Waals surface area (Å²) in [6, 6.07) is 24.8. The number of carbonyl (C=O) groups excluding carboxylic acids is 1. The second kappa shape index (κ2) is 17.9. The number of allylic oxidation sites excluding steroid dienone is 2. The zero-order valence-corrected chi connectivity index (χ0v) is 36.2. The first kappa shape index (κ1) is 44.5. The summed E-state index contributed by atoms with van der Waals surface area (Å²) >= 11 is 0. The SMILES string of the molecule is CC(C)(C)c1cc(-c2cc(-c3cc4oc5cc(CC(C)(C)C(F)(F)F)ccc5c4o3)ccn2)[c-]c2ccccc12.CCC(CC)C(=O)/C=C(\O)C(CC)CC.[Ir]. The van der Waals surface area contributed by atoms with Crippen molar-refractivity contribution in [3.05, 3.63) is 102 Å². The van der Waals surface area contributed by atoms with Crippen molar-refractivity contribution < 1.29 is 52.0 Å². The predicted molar refractivity (Wildman–Crippen MR) is 217 cm³/mol. The first-order valence-corrected chi connectivity index (χ1v) is 19.3. The Labute approximate surface area is 342 Å². The van der Waals surface area contributed by atoms with E-state index < -0.39 is 11.6 Å². The molecule has 0 spiro atoms. The molecule has 0 saturated carbocycles. The van der Waals surface area contributed by atoms with Gasteiger partial charge in [0, 0.05) is 61.5 Å². The third kappa shape index (κ3) is 9.84. The molecule has 56 heavy (non-hydrogen) atoms. The van der Waals surface area contributed by atoms with Crippen LogP contribution in [0, 0.1) is 23.3 Å². The van der Waals surface area contributed by atoms with E-state index in [4.69, 9.17) is 8.83 Å². The largest absolute Gasteiger partial charge is 0.512 e. The Morgan fingerprint density at radius 3 is 2.11 bits per heavy atom. The Balaban J connectivity index is 0.000000372. The van der Waals surface area contributed by atoms with Crippen LogP contribution >= 0.6 is 0 Å². The van der Waals surface area contributed by atoms with Gasteiger partial charge in [0.2, 0.25) is 0 Å². The van der Waals surface area contributed by atoms with Crippen LogP contribution in [0.5, 0.6) is 0 Å². The van der Waals surface area contributed by atoms with Crippen LogP contribution < -0.4 is 0 Å². The summed E-state index contributed by atoms with van der Waals surface area (Å²) in [5.41, 5.74) is 4.03. The van der Waals surface area contributed by atoms with Gasteiger partial charge in [-0.25, -0.2) is 0 Å². The fourth-order valence-corrected chi connectivity index (χ4v) is 6.96. The van der Waals surface area contributed by atoms with Gasteiger partial charge in [-0.05, 0) is 61.3 Å². The van der Waals surface area contributed by atoms with E-state index in [1.54, 1.807) is 24.4 Å². The molecule has 3 aromatic carbocycles. The van der Waals surface area contributed by atoms with E-state index in [0.29, 0.717) is 28.1 Å². The summed E-state index contributed by atoms with van der Waals surface area (Å²) in [4.78, 5) is 16.4.